The van der Waals surface area contributed by atoms with Gasteiger partial charge in [-0.25, -0.2) is 4.79 Å². The molecule has 1 aromatic rings. The average molecular weight is 340 g/mol. The van der Waals surface area contributed by atoms with Gasteiger partial charge in [0.05, 0.1) is 6.07 Å². The number of hydrogen-bond donors (Lipinski definition) is 1. The van der Waals surface area contributed by atoms with Gasteiger partial charge in [0.1, 0.15) is 5.54 Å². The summed E-state index contributed by atoms with van der Waals surface area (Å²) in [4.78, 5) is 24.2. The van der Waals surface area contributed by atoms with Crippen molar-refractivity contribution in [2.24, 2.45) is 0 Å². The molecule has 1 aromatic carbocycles. The summed E-state index contributed by atoms with van der Waals surface area (Å²) in [5.41, 5.74) is 1.16. The van der Waals surface area contributed by atoms with Gasteiger partial charge in [0.15, 0.2) is 6.10 Å². The van der Waals surface area contributed by atoms with E-state index in [1.54, 1.807) is 6.08 Å². The molecule has 0 saturated heterocycles. The zero-order valence-electron chi connectivity index (χ0n) is 14.7. The molecule has 1 N–H and O–H groups in total. The van der Waals surface area contributed by atoms with Gasteiger partial charge in [-0.1, -0.05) is 49.1 Å². The van der Waals surface area contributed by atoms with Crippen LogP contribution in [0.1, 0.15) is 50.2 Å². The molecule has 0 spiro atoms. The molecule has 1 amide bonds. The standard InChI is InChI=1S/C20H24N2O3/c1-15-7-6-8-17(13-15)9-10-18(23)25-16(2)19(24)22-20(14-21)11-4-3-5-12-20/h6-10,13,16H,3-5,11-12H2,1-2H3,(H,22,24)/b10-9+/t16-/m0/s1. The van der Waals surface area contributed by atoms with E-state index < -0.39 is 23.5 Å². The van der Waals surface area contributed by atoms with Gasteiger partial charge in [-0.15, -0.1) is 0 Å². The SMILES string of the molecule is Cc1cccc(/C=C/C(=O)O[C@@H](C)C(=O)NC2(C#N)CCCCC2)c1. The van der Waals surface area contributed by atoms with Gasteiger partial charge >= 0.3 is 5.97 Å². The molecule has 2 rings (SSSR count). The molecule has 1 saturated carbocycles. The predicted molar refractivity (Wildman–Crippen MR) is 95.3 cm³/mol. The number of rotatable bonds is 5. The third-order valence-electron chi connectivity index (χ3n) is 4.40. The topological polar surface area (TPSA) is 79.2 Å². The Balaban J connectivity index is 1.89. The minimum atomic E-state index is -0.943. The molecular weight excluding hydrogens is 316 g/mol. The summed E-state index contributed by atoms with van der Waals surface area (Å²) in [7, 11) is 0. The van der Waals surface area contributed by atoms with Crippen molar-refractivity contribution in [2.75, 3.05) is 0 Å². The fraction of sp³-hybridized carbons (Fsp3) is 0.450. The van der Waals surface area contributed by atoms with Crippen molar-refractivity contribution in [1.82, 2.24) is 5.32 Å². The van der Waals surface area contributed by atoms with Gasteiger partial charge in [-0.3, -0.25) is 4.79 Å². The van der Waals surface area contributed by atoms with Crippen LogP contribution >= 0.6 is 0 Å². The predicted octanol–water partition coefficient (Wildman–Crippen LogP) is 3.28. The molecule has 0 aromatic heterocycles. The number of carbonyl (C=O) groups is 2. The molecule has 25 heavy (non-hydrogen) atoms. The normalized spacial score (nSPS) is 17.5. The second-order valence-corrected chi connectivity index (χ2v) is 6.57. The van der Waals surface area contributed by atoms with Crippen LogP contribution in [0.4, 0.5) is 0 Å². The fourth-order valence-corrected chi connectivity index (χ4v) is 2.96. The summed E-state index contributed by atoms with van der Waals surface area (Å²) in [6, 6.07) is 9.92. The summed E-state index contributed by atoms with van der Waals surface area (Å²) < 4.78 is 5.15. The van der Waals surface area contributed by atoms with Crippen molar-refractivity contribution < 1.29 is 14.3 Å². The number of carbonyl (C=O) groups excluding carboxylic acids is 2. The number of benzene rings is 1. The van der Waals surface area contributed by atoms with Gasteiger partial charge in [-0.2, -0.15) is 5.26 Å². The van der Waals surface area contributed by atoms with Crippen molar-refractivity contribution in [3.8, 4) is 6.07 Å². The van der Waals surface area contributed by atoms with Gasteiger partial charge in [0, 0.05) is 6.08 Å². The van der Waals surface area contributed by atoms with Crippen molar-refractivity contribution in [2.45, 2.75) is 57.6 Å². The van der Waals surface area contributed by atoms with Crippen LogP contribution in [0.3, 0.4) is 0 Å². The van der Waals surface area contributed by atoms with E-state index in [9.17, 15) is 14.9 Å². The van der Waals surface area contributed by atoms with Crippen molar-refractivity contribution in [3.05, 3.63) is 41.5 Å². The molecule has 0 heterocycles. The summed E-state index contributed by atoms with van der Waals surface area (Å²) in [6.07, 6.45) is 6.21. The molecule has 0 aliphatic heterocycles. The Bertz CT molecular complexity index is 697. The summed E-state index contributed by atoms with van der Waals surface area (Å²) in [5, 5.41) is 12.2. The monoisotopic (exact) mass is 340 g/mol. The van der Waals surface area contributed by atoms with Crippen LogP contribution in [0, 0.1) is 18.3 Å². The lowest BCUT2D eigenvalue weighted by atomic mass is 9.83. The van der Waals surface area contributed by atoms with Crippen molar-refractivity contribution in [1.29, 1.82) is 5.26 Å². The van der Waals surface area contributed by atoms with E-state index in [-0.39, 0.29) is 0 Å². The molecule has 0 bridgehead atoms. The first-order valence-electron chi connectivity index (χ1n) is 8.63. The second kappa shape index (κ2) is 8.48. The number of nitriles is 1. The molecular formula is C20H24N2O3. The van der Waals surface area contributed by atoms with Crippen LogP contribution in [0.5, 0.6) is 0 Å². The van der Waals surface area contributed by atoms with Crippen LogP contribution in [-0.2, 0) is 14.3 Å². The summed E-state index contributed by atoms with van der Waals surface area (Å²) in [6.45, 7) is 3.49. The fourth-order valence-electron chi connectivity index (χ4n) is 2.96. The molecule has 0 radical (unpaired) electrons. The highest BCUT2D eigenvalue weighted by Gasteiger charge is 2.35. The van der Waals surface area contributed by atoms with Crippen molar-refractivity contribution in [3.63, 3.8) is 0 Å². The van der Waals surface area contributed by atoms with Crippen LogP contribution in [0.2, 0.25) is 0 Å². The quantitative estimate of drug-likeness (QED) is 0.659. The Kier molecular flexibility index (Phi) is 6.35. The smallest absolute Gasteiger partial charge is 0.331 e. The van der Waals surface area contributed by atoms with Gasteiger partial charge in [-0.05, 0) is 38.3 Å². The van der Waals surface area contributed by atoms with Gasteiger partial charge < -0.3 is 10.1 Å². The van der Waals surface area contributed by atoms with E-state index in [0.29, 0.717) is 12.8 Å². The molecule has 5 nitrogen and oxygen atoms in total. The highest BCUT2D eigenvalue weighted by molar-refractivity contribution is 5.90. The van der Waals surface area contributed by atoms with E-state index in [2.05, 4.69) is 11.4 Å². The highest BCUT2D eigenvalue weighted by atomic mass is 16.5. The maximum atomic E-state index is 12.3. The average Bonchev–Trinajstić information content (AvgIpc) is 2.60. The Labute approximate surface area is 148 Å². The lowest BCUT2D eigenvalue weighted by Gasteiger charge is -2.32. The molecule has 5 heteroatoms. The number of hydrogen-bond acceptors (Lipinski definition) is 4. The number of nitrogens with one attached hydrogen (secondary N) is 1. The van der Waals surface area contributed by atoms with E-state index in [4.69, 9.17) is 4.74 Å². The lowest BCUT2D eigenvalue weighted by Crippen LogP contribution is -2.52. The van der Waals surface area contributed by atoms with Crippen LogP contribution in [-0.4, -0.2) is 23.5 Å². The number of nitrogens with zero attached hydrogens (tertiary/aromatic N) is 1. The van der Waals surface area contributed by atoms with E-state index in [1.165, 1.54) is 13.0 Å². The molecule has 1 aliphatic carbocycles. The molecule has 132 valence electrons. The Hall–Kier alpha value is -2.61. The minimum absolute atomic E-state index is 0.430. The maximum Gasteiger partial charge on any atom is 0.331 e. The maximum absolute atomic E-state index is 12.3. The molecule has 1 fully saturated rings. The molecule has 1 aliphatic rings. The summed E-state index contributed by atoms with van der Waals surface area (Å²) in [5.74, 6) is -1.01. The third-order valence-corrected chi connectivity index (χ3v) is 4.40. The summed E-state index contributed by atoms with van der Waals surface area (Å²) >= 11 is 0. The Morgan fingerprint density at radius 1 is 1.32 bits per heavy atom. The zero-order valence-corrected chi connectivity index (χ0v) is 14.7. The van der Waals surface area contributed by atoms with Gasteiger partial charge in [0.2, 0.25) is 0 Å². The van der Waals surface area contributed by atoms with E-state index >= 15 is 0 Å². The number of amides is 1. The first-order chi connectivity index (χ1) is 11.9. The number of ether oxygens (including phenoxy) is 1. The van der Waals surface area contributed by atoms with Crippen LogP contribution in [0.25, 0.3) is 6.08 Å². The zero-order chi connectivity index (χ0) is 18.3. The first-order valence-corrected chi connectivity index (χ1v) is 8.63. The van der Waals surface area contributed by atoms with E-state index in [0.717, 1.165) is 30.4 Å². The highest BCUT2D eigenvalue weighted by Crippen LogP contribution is 2.27. The number of aryl methyl sites for hydroxylation is 1. The molecule has 1 atom stereocenters. The molecule has 0 unspecified atom stereocenters. The second-order valence-electron chi connectivity index (χ2n) is 6.57. The van der Waals surface area contributed by atoms with E-state index in [1.807, 2.05) is 31.2 Å². The van der Waals surface area contributed by atoms with Gasteiger partial charge in [0.25, 0.3) is 5.91 Å². The van der Waals surface area contributed by atoms with Crippen molar-refractivity contribution >= 4 is 18.0 Å². The van der Waals surface area contributed by atoms with Crippen LogP contribution in [0.15, 0.2) is 30.3 Å². The third kappa shape index (κ3) is 5.46. The minimum Gasteiger partial charge on any atom is -0.449 e. The lowest BCUT2D eigenvalue weighted by molar-refractivity contribution is -0.150. The Morgan fingerprint density at radius 3 is 2.68 bits per heavy atom. The Morgan fingerprint density at radius 2 is 2.04 bits per heavy atom. The largest absolute Gasteiger partial charge is 0.449 e. The van der Waals surface area contributed by atoms with Crippen LogP contribution < -0.4 is 5.32 Å². The number of esters is 1. The first kappa shape index (κ1) is 18.7.